The van der Waals surface area contributed by atoms with Gasteiger partial charge >= 0.3 is 5.97 Å². The SMILES string of the molecule is Cc1cc2occ(CC(=O)NC3(C(=O)O)CCC3)c2cc1C. The normalized spacial score (nSPS) is 16.3. The molecular weight excluding hydrogens is 282 g/mol. The second-order valence-electron chi connectivity index (χ2n) is 6.16. The van der Waals surface area contributed by atoms with Gasteiger partial charge in [0, 0.05) is 10.9 Å². The van der Waals surface area contributed by atoms with Crippen LogP contribution in [-0.4, -0.2) is 22.5 Å². The van der Waals surface area contributed by atoms with Gasteiger partial charge in [0.2, 0.25) is 5.91 Å². The first kappa shape index (κ1) is 14.6. The minimum absolute atomic E-state index is 0.129. The quantitative estimate of drug-likeness (QED) is 0.910. The number of rotatable bonds is 4. The van der Waals surface area contributed by atoms with Crippen LogP contribution in [0.15, 0.2) is 22.8 Å². The Morgan fingerprint density at radius 1 is 1.27 bits per heavy atom. The summed E-state index contributed by atoms with van der Waals surface area (Å²) in [5, 5.41) is 12.9. The molecule has 5 heteroatoms. The van der Waals surface area contributed by atoms with E-state index < -0.39 is 11.5 Å². The summed E-state index contributed by atoms with van der Waals surface area (Å²) in [6.07, 6.45) is 3.54. The minimum atomic E-state index is -1.07. The molecule has 3 rings (SSSR count). The molecule has 0 atom stereocenters. The van der Waals surface area contributed by atoms with Crippen LogP contribution in [0, 0.1) is 13.8 Å². The van der Waals surface area contributed by atoms with Crippen molar-refractivity contribution in [2.75, 3.05) is 0 Å². The summed E-state index contributed by atoms with van der Waals surface area (Å²) in [4.78, 5) is 23.5. The monoisotopic (exact) mass is 301 g/mol. The number of nitrogens with one attached hydrogen (secondary N) is 1. The van der Waals surface area contributed by atoms with E-state index in [1.54, 1.807) is 6.26 Å². The van der Waals surface area contributed by atoms with Crippen LogP contribution in [-0.2, 0) is 16.0 Å². The van der Waals surface area contributed by atoms with Crippen molar-refractivity contribution in [3.05, 3.63) is 35.1 Å². The van der Waals surface area contributed by atoms with E-state index in [4.69, 9.17) is 4.42 Å². The zero-order valence-electron chi connectivity index (χ0n) is 12.7. The summed E-state index contributed by atoms with van der Waals surface area (Å²) < 4.78 is 5.51. The molecule has 1 aliphatic carbocycles. The van der Waals surface area contributed by atoms with Crippen LogP contribution in [0.4, 0.5) is 0 Å². The van der Waals surface area contributed by atoms with Gasteiger partial charge in [0.15, 0.2) is 0 Å². The first-order chi connectivity index (χ1) is 10.4. The van der Waals surface area contributed by atoms with Crippen LogP contribution >= 0.6 is 0 Å². The third kappa shape index (κ3) is 2.36. The Bertz CT molecular complexity index is 755. The molecule has 0 unspecified atom stereocenters. The van der Waals surface area contributed by atoms with Crippen molar-refractivity contribution in [3.8, 4) is 0 Å². The lowest BCUT2D eigenvalue weighted by Crippen LogP contribution is -2.59. The zero-order valence-corrected chi connectivity index (χ0v) is 12.7. The van der Waals surface area contributed by atoms with Crippen molar-refractivity contribution in [1.29, 1.82) is 0 Å². The second-order valence-corrected chi connectivity index (χ2v) is 6.16. The Labute approximate surface area is 128 Å². The Hall–Kier alpha value is -2.30. The molecule has 1 amide bonds. The molecule has 2 aromatic rings. The van der Waals surface area contributed by atoms with Crippen LogP contribution in [0.5, 0.6) is 0 Å². The van der Waals surface area contributed by atoms with Crippen molar-refractivity contribution in [1.82, 2.24) is 5.32 Å². The van der Waals surface area contributed by atoms with Gasteiger partial charge in [0.1, 0.15) is 11.1 Å². The largest absolute Gasteiger partial charge is 0.480 e. The van der Waals surface area contributed by atoms with Crippen molar-refractivity contribution in [2.45, 2.75) is 45.1 Å². The Balaban J connectivity index is 1.80. The predicted molar refractivity (Wildman–Crippen MR) is 81.8 cm³/mol. The number of carbonyl (C=O) groups is 2. The molecule has 0 bridgehead atoms. The lowest BCUT2D eigenvalue weighted by molar-refractivity contribution is -0.151. The van der Waals surface area contributed by atoms with E-state index in [9.17, 15) is 14.7 Å². The van der Waals surface area contributed by atoms with Crippen LogP contribution in [0.1, 0.15) is 36.0 Å². The fourth-order valence-electron chi connectivity index (χ4n) is 2.88. The molecule has 116 valence electrons. The highest BCUT2D eigenvalue weighted by molar-refractivity contribution is 5.92. The fraction of sp³-hybridized carbons (Fsp3) is 0.412. The summed E-state index contributed by atoms with van der Waals surface area (Å²) in [6, 6.07) is 3.96. The molecule has 1 saturated carbocycles. The van der Waals surface area contributed by atoms with Crippen molar-refractivity contribution in [3.63, 3.8) is 0 Å². The third-order valence-electron chi connectivity index (χ3n) is 4.62. The average molecular weight is 301 g/mol. The van der Waals surface area contributed by atoms with Gasteiger partial charge in [-0.25, -0.2) is 4.79 Å². The minimum Gasteiger partial charge on any atom is -0.480 e. The molecule has 0 radical (unpaired) electrons. The zero-order chi connectivity index (χ0) is 15.9. The van der Waals surface area contributed by atoms with Gasteiger partial charge < -0.3 is 14.8 Å². The standard InChI is InChI=1S/C17H19NO4/c1-10-6-13-12(9-22-14(13)7-11(10)2)8-15(19)18-17(16(20)21)4-3-5-17/h6-7,9H,3-5,8H2,1-2H3,(H,18,19)(H,20,21). The predicted octanol–water partition coefficient (Wildman–Crippen LogP) is 2.72. The van der Waals surface area contributed by atoms with E-state index in [1.165, 1.54) is 0 Å². The molecule has 1 aliphatic rings. The fourth-order valence-corrected chi connectivity index (χ4v) is 2.88. The second kappa shape index (κ2) is 5.16. The number of furan rings is 1. The highest BCUT2D eigenvalue weighted by Crippen LogP contribution is 2.32. The van der Waals surface area contributed by atoms with E-state index in [1.807, 2.05) is 26.0 Å². The number of fused-ring (bicyclic) bond motifs is 1. The van der Waals surface area contributed by atoms with Crippen LogP contribution < -0.4 is 5.32 Å². The topological polar surface area (TPSA) is 79.5 Å². The third-order valence-corrected chi connectivity index (χ3v) is 4.62. The first-order valence-corrected chi connectivity index (χ1v) is 7.43. The number of benzene rings is 1. The van der Waals surface area contributed by atoms with Crippen molar-refractivity contribution in [2.24, 2.45) is 0 Å². The van der Waals surface area contributed by atoms with Crippen molar-refractivity contribution >= 4 is 22.8 Å². The van der Waals surface area contributed by atoms with Crippen LogP contribution in [0.2, 0.25) is 0 Å². The molecule has 2 N–H and O–H groups in total. The van der Waals surface area contributed by atoms with Gasteiger partial charge in [-0.3, -0.25) is 4.79 Å². The van der Waals surface area contributed by atoms with Gasteiger partial charge in [0.05, 0.1) is 12.7 Å². The molecule has 0 spiro atoms. The lowest BCUT2D eigenvalue weighted by Gasteiger charge is -2.38. The van der Waals surface area contributed by atoms with E-state index in [0.717, 1.165) is 34.1 Å². The summed E-state index contributed by atoms with van der Waals surface area (Å²) >= 11 is 0. The van der Waals surface area contributed by atoms with Gasteiger partial charge in [-0.2, -0.15) is 0 Å². The molecule has 1 aromatic carbocycles. The van der Waals surface area contributed by atoms with Gasteiger partial charge in [-0.1, -0.05) is 0 Å². The highest BCUT2D eigenvalue weighted by Gasteiger charge is 2.45. The number of aliphatic carboxylic acids is 1. The molecule has 1 heterocycles. The highest BCUT2D eigenvalue weighted by atomic mass is 16.4. The number of carbonyl (C=O) groups excluding carboxylic acids is 1. The van der Waals surface area contributed by atoms with Gasteiger partial charge in [0.25, 0.3) is 0 Å². The number of hydrogen-bond donors (Lipinski definition) is 2. The lowest BCUT2D eigenvalue weighted by atomic mass is 9.76. The average Bonchev–Trinajstić information content (AvgIpc) is 2.76. The molecule has 22 heavy (non-hydrogen) atoms. The molecule has 1 aromatic heterocycles. The van der Waals surface area contributed by atoms with E-state index in [-0.39, 0.29) is 12.3 Å². The smallest absolute Gasteiger partial charge is 0.329 e. The Kier molecular flexibility index (Phi) is 3.43. The number of amides is 1. The number of carboxylic acid groups (broad SMARTS) is 1. The number of hydrogen-bond acceptors (Lipinski definition) is 3. The Morgan fingerprint density at radius 3 is 2.55 bits per heavy atom. The van der Waals surface area contributed by atoms with Crippen LogP contribution in [0.25, 0.3) is 11.0 Å². The first-order valence-electron chi connectivity index (χ1n) is 7.43. The van der Waals surface area contributed by atoms with E-state index in [0.29, 0.717) is 12.8 Å². The summed E-state index contributed by atoms with van der Waals surface area (Å²) in [7, 11) is 0. The molecule has 0 aliphatic heterocycles. The van der Waals surface area contributed by atoms with E-state index in [2.05, 4.69) is 5.32 Å². The molecule has 0 saturated heterocycles. The maximum absolute atomic E-state index is 12.2. The summed E-state index contributed by atoms with van der Waals surface area (Å²) in [6.45, 7) is 4.02. The van der Waals surface area contributed by atoms with Gasteiger partial charge in [-0.05, 0) is 56.4 Å². The molecule has 1 fully saturated rings. The maximum atomic E-state index is 12.2. The van der Waals surface area contributed by atoms with E-state index >= 15 is 0 Å². The maximum Gasteiger partial charge on any atom is 0.329 e. The van der Waals surface area contributed by atoms with Gasteiger partial charge in [-0.15, -0.1) is 0 Å². The number of aryl methyl sites for hydroxylation is 2. The Morgan fingerprint density at radius 2 is 1.95 bits per heavy atom. The molecular formula is C17H19NO4. The summed E-state index contributed by atoms with van der Waals surface area (Å²) in [5.41, 5.74) is 2.75. The van der Waals surface area contributed by atoms with Crippen LogP contribution in [0.3, 0.4) is 0 Å². The number of carboxylic acids is 1. The molecule has 5 nitrogen and oxygen atoms in total. The summed E-state index contributed by atoms with van der Waals surface area (Å²) in [5.74, 6) is -1.22. The van der Waals surface area contributed by atoms with Crippen molar-refractivity contribution < 1.29 is 19.1 Å².